The molecule has 7 rings (SSSR count). The highest BCUT2D eigenvalue weighted by Crippen LogP contribution is 2.34. The Bertz CT molecular complexity index is 2210. The Morgan fingerprint density at radius 1 is 0.592 bits per heavy atom. The average Bonchev–Trinajstić information content (AvgIpc) is 3.85. The lowest BCUT2D eigenvalue weighted by atomic mass is 10.0. The van der Waals surface area contributed by atoms with Crippen LogP contribution in [0.25, 0.3) is 11.1 Å². The molecule has 0 amide bonds. The number of nitrogens with one attached hydrogen (secondary N) is 3. The van der Waals surface area contributed by atoms with Gasteiger partial charge in [-0.1, -0.05) is 96.1 Å². The molecule has 2 aliphatic heterocycles. The van der Waals surface area contributed by atoms with Crippen molar-refractivity contribution in [1.82, 2.24) is 10.3 Å². The first-order valence-electron chi connectivity index (χ1n) is 16.8. The minimum absolute atomic E-state index is 0.821. The van der Waals surface area contributed by atoms with Crippen LogP contribution in [0, 0.1) is 41.5 Å². The largest absolute Gasteiger partial charge is 0.354 e. The van der Waals surface area contributed by atoms with Crippen LogP contribution in [0.1, 0.15) is 55.9 Å². The van der Waals surface area contributed by atoms with E-state index in [0.29, 0.717) is 0 Å². The highest BCUT2D eigenvalue weighted by Gasteiger charge is 2.21. The van der Waals surface area contributed by atoms with Crippen molar-refractivity contribution in [3.8, 4) is 0 Å². The van der Waals surface area contributed by atoms with Crippen LogP contribution in [-0.2, 0) is 0 Å². The fraction of sp³-hybridized carbons (Fsp3) is 0.136. The number of aromatic amines is 1. The molecule has 5 aromatic rings. The van der Waals surface area contributed by atoms with Crippen molar-refractivity contribution >= 4 is 34.2 Å². The Balaban J connectivity index is 1.29. The summed E-state index contributed by atoms with van der Waals surface area (Å²) in [5.74, 6) is 1.64. The zero-order valence-corrected chi connectivity index (χ0v) is 28.9. The number of hydrogen-bond donors (Lipinski definition) is 3. The lowest BCUT2D eigenvalue weighted by Crippen LogP contribution is -2.15. The van der Waals surface area contributed by atoms with Crippen LogP contribution in [0.4, 0.5) is 11.4 Å². The van der Waals surface area contributed by atoms with Crippen molar-refractivity contribution in [3.63, 3.8) is 0 Å². The van der Waals surface area contributed by atoms with E-state index in [-0.39, 0.29) is 0 Å². The first kappa shape index (κ1) is 31.6. The average molecular weight is 640 g/mol. The molecule has 0 aliphatic carbocycles. The smallest absolute Gasteiger partial charge is 0.131 e. The summed E-state index contributed by atoms with van der Waals surface area (Å²) >= 11 is 0. The normalized spacial score (nSPS) is 16.6. The molecule has 0 bridgehead atoms. The van der Waals surface area contributed by atoms with Crippen LogP contribution in [0.3, 0.4) is 0 Å². The second-order valence-electron chi connectivity index (χ2n) is 13.0. The van der Waals surface area contributed by atoms with Gasteiger partial charge in [-0.3, -0.25) is 0 Å². The summed E-state index contributed by atoms with van der Waals surface area (Å²) in [7, 11) is 0. The second-order valence-corrected chi connectivity index (χ2v) is 13.0. The molecule has 5 nitrogen and oxygen atoms in total. The molecule has 0 atom stereocenters. The maximum absolute atomic E-state index is 5.10. The van der Waals surface area contributed by atoms with Crippen molar-refractivity contribution < 1.29 is 0 Å². The molecule has 5 heteroatoms. The number of H-pyrrole nitrogens is 1. The Kier molecular flexibility index (Phi) is 8.58. The molecule has 0 radical (unpaired) electrons. The summed E-state index contributed by atoms with van der Waals surface area (Å²) in [4.78, 5) is 13.9. The highest BCUT2D eigenvalue weighted by atomic mass is 15.0. The molecule has 0 saturated heterocycles. The molecule has 4 aromatic carbocycles. The van der Waals surface area contributed by atoms with Gasteiger partial charge in [-0.25, -0.2) is 9.98 Å². The molecule has 1 aromatic heterocycles. The summed E-state index contributed by atoms with van der Waals surface area (Å²) in [6.45, 7) is 12.8. The van der Waals surface area contributed by atoms with E-state index in [1.54, 1.807) is 0 Å². The number of aliphatic imine (C=N–C) groups is 2. The van der Waals surface area contributed by atoms with E-state index >= 15 is 0 Å². The molecule has 0 saturated carbocycles. The molecule has 49 heavy (non-hydrogen) atoms. The molecule has 2 aliphatic rings. The first-order valence-corrected chi connectivity index (χ1v) is 16.8. The Hall–Kier alpha value is -5.94. The minimum Gasteiger partial charge on any atom is -0.354 e. The number of amidine groups is 2. The summed E-state index contributed by atoms with van der Waals surface area (Å²) in [5.41, 5.74) is 17.5. The van der Waals surface area contributed by atoms with Crippen molar-refractivity contribution in [2.45, 2.75) is 41.5 Å². The van der Waals surface area contributed by atoms with Crippen LogP contribution < -0.4 is 10.6 Å². The van der Waals surface area contributed by atoms with E-state index in [1.807, 2.05) is 12.1 Å². The van der Waals surface area contributed by atoms with E-state index in [4.69, 9.17) is 9.98 Å². The van der Waals surface area contributed by atoms with Crippen LogP contribution in [0.15, 0.2) is 143 Å². The topological polar surface area (TPSA) is 64.6 Å². The standard InChI is InChI=1S/C44H41N5/c1-27-23-29(3)43(30(4)24-27)48-39-21-19-37(46-39)41(33-13-9-7-10-14-33)35-17-18-36(45-35)42(34-15-11-8-12-16-34)38-20-22-40(47-38)49-44-31(5)25-28(2)26-32(44)6/h7-26,45H,1-6H3,(H,46,48)(H,47,49)/b41-37-,42-38-. The fourth-order valence-electron chi connectivity index (χ4n) is 6.93. The van der Waals surface area contributed by atoms with E-state index < -0.39 is 0 Å². The molecule has 0 fully saturated rings. The van der Waals surface area contributed by atoms with Gasteiger partial charge in [0, 0.05) is 33.9 Å². The number of allylic oxidation sites excluding steroid dienone is 2. The first-order chi connectivity index (χ1) is 23.7. The van der Waals surface area contributed by atoms with Gasteiger partial charge in [0.25, 0.3) is 0 Å². The Morgan fingerprint density at radius 2 is 1.14 bits per heavy atom. The Labute approximate surface area is 289 Å². The minimum atomic E-state index is 0.821. The van der Waals surface area contributed by atoms with E-state index in [0.717, 1.165) is 68.1 Å². The molecule has 0 unspecified atom stereocenters. The van der Waals surface area contributed by atoms with E-state index in [2.05, 4.69) is 166 Å². The maximum atomic E-state index is 5.10. The number of benzene rings is 4. The number of aryl methyl sites for hydroxylation is 6. The zero-order chi connectivity index (χ0) is 34.1. The number of nitrogens with zero attached hydrogens (tertiary/aromatic N) is 2. The van der Waals surface area contributed by atoms with Crippen molar-refractivity contribution in [3.05, 3.63) is 189 Å². The van der Waals surface area contributed by atoms with Crippen molar-refractivity contribution in [2.75, 3.05) is 5.32 Å². The third-order valence-corrected chi connectivity index (χ3v) is 8.98. The predicted molar refractivity (Wildman–Crippen MR) is 207 cm³/mol. The van der Waals surface area contributed by atoms with Gasteiger partial charge in [-0.2, -0.15) is 0 Å². The van der Waals surface area contributed by atoms with Gasteiger partial charge in [0.1, 0.15) is 11.7 Å². The van der Waals surface area contributed by atoms with Crippen LogP contribution in [0.2, 0.25) is 0 Å². The summed E-state index contributed by atoms with van der Waals surface area (Å²) in [6, 6.07) is 34.1. The SMILES string of the molecule is Cc1cc(C)c(N=C2C=C/C(=C(\c3ccccc3)c3ccc(/C(=C4/C=CC(Nc5c(C)cc(C)cc5C)=N4)c4ccccc4)[nH]3)N2)c(C)c1. The Morgan fingerprint density at radius 3 is 1.76 bits per heavy atom. The van der Waals surface area contributed by atoms with Gasteiger partial charge in [0.2, 0.25) is 0 Å². The molecule has 242 valence electrons. The molecule has 0 spiro atoms. The van der Waals surface area contributed by atoms with Crippen LogP contribution in [-0.4, -0.2) is 16.7 Å². The molecular weight excluding hydrogens is 599 g/mol. The van der Waals surface area contributed by atoms with Crippen LogP contribution >= 0.6 is 0 Å². The highest BCUT2D eigenvalue weighted by molar-refractivity contribution is 6.08. The van der Waals surface area contributed by atoms with E-state index in [9.17, 15) is 0 Å². The predicted octanol–water partition coefficient (Wildman–Crippen LogP) is 10.4. The van der Waals surface area contributed by atoms with Gasteiger partial charge in [0.05, 0.1) is 11.4 Å². The van der Waals surface area contributed by atoms with Crippen molar-refractivity contribution in [1.29, 1.82) is 0 Å². The monoisotopic (exact) mass is 639 g/mol. The van der Waals surface area contributed by atoms with Gasteiger partial charge in [-0.05, 0) is 111 Å². The zero-order valence-electron chi connectivity index (χ0n) is 28.9. The van der Waals surface area contributed by atoms with Gasteiger partial charge < -0.3 is 15.6 Å². The third-order valence-electron chi connectivity index (χ3n) is 8.98. The third kappa shape index (κ3) is 6.61. The second kappa shape index (κ2) is 13.3. The number of hydrogen-bond acceptors (Lipinski definition) is 3. The summed E-state index contributed by atoms with van der Waals surface area (Å²) < 4.78 is 0. The van der Waals surface area contributed by atoms with Gasteiger partial charge in [-0.15, -0.1) is 0 Å². The van der Waals surface area contributed by atoms with Crippen LogP contribution in [0.5, 0.6) is 0 Å². The lowest BCUT2D eigenvalue weighted by Gasteiger charge is -2.13. The molecule has 3 heterocycles. The summed E-state index contributed by atoms with van der Waals surface area (Å²) in [6.07, 6.45) is 8.33. The van der Waals surface area contributed by atoms with Gasteiger partial charge >= 0.3 is 0 Å². The quantitative estimate of drug-likeness (QED) is 0.173. The molecule has 3 N–H and O–H groups in total. The number of anilines is 1. The lowest BCUT2D eigenvalue weighted by molar-refractivity contribution is 1.19. The van der Waals surface area contributed by atoms with E-state index in [1.165, 1.54) is 33.4 Å². The summed E-state index contributed by atoms with van der Waals surface area (Å²) in [5, 5.41) is 7.21. The van der Waals surface area contributed by atoms with Gasteiger partial charge in [0.15, 0.2) is 0 Å². The maximum Gasteiger partial charge on any atom is 0.131 e. The van der Waals surface area contributed by atoms with Crippen molar-refractivity contribution in [2.24, 2.45) is 9.98 Å². The number of aromatic nitrogens is 1. The number of rotatable bonds is 6. The molecular formula is C44H41N5. The fourth-order valence-corrected chi connectivity index (χ4v) is 6.93.